The first-order chi connectivity index (χ1) is 12.0. The second-order valence-corrected chi connectivity index (χ2v) is 6.20. The molecule has 0 aliphatic heterocycles. The van der Waals surface area contributed by atoms with Gasteiger partial charge in [-0.2, -0.15) is 5.26 Å². The summed E-state index contributed by atoms with van der Waals surface area (Å²) in [6, 6.07) is 15.0. The maximum absolute atomic E-state index is 9.10. The van der Waals surface area contributed by atoms with Crippen LogP contribution in [0.2, 0.25) is 0 Å². The monoisotopic (exact) mass is 334 g/mol. The summed E-state index contributed by atoms with van der Waals surface area (Å²) >= 11 is 0. The van der Waals surface area contributed by atoms with E-state index in [-0.39, 0.29) is 0 Å². The molecular formula is C23H30N2. The number of allylic oxidation sites excluding steroid dienone is 4. The van der Waals surface area contributed by atoms with Crippen molar-refractivity contribution in [1.29, 1.82) is 5.26 Å². The van der Waals surface area contributed by atoms with Gasteiger partial charge in [0.2, 0.25) is 0 Å². The minimum absolute atomic E-state index is 0.740. The number of nitriles is 1. The van der Waals surface area contributed by atoms with Gasteiger partial charge in [-0.05, 0) is 68.9 Å². The predicted octanol–water partition coefficient (Wildman–Crippen LogP) is 5.98. The molecule has 2 rings (SSSR count). The van der Waals surface area contributed by atoms with Crippen LogP contribution >= 0.6 is 0 Å². The molecular weight excluding hydrogens is 304 g/mol. The van der Waals surface area contributed by atoms with Crippen LogP contribution in [0.5, 0.6) is 0 Å². The first-order valence-electron chi connectivity index (χ1n) is 8.89. The summed E-state index contributed by atoms with van der Waals surface area (Å²) in [5.41, 5.74) is 4.09. The standard InChI is InChI=1S/C18H17N.C5H13N/c1-4-5-18(14(3)12-19)17-9-8-15-10-13(2)6-7-16(15)11-17;1-4-6(3)5-2/h4-11H,1-3H3;4-5H2,1-3H3/b5-4-,18-14-;. The zero-order valence-corrected chi connectivity index (χ0v) is 16.4. The highest BCUT2D eigenvalue weighted by molar-refractivity contribution is 5.89. The molecule has 2 nitrogen and oxygen atoms in total. The lowest BCUT2D eigenvalue weighted by Gasteiger charge is -2.07. The van der Waals surface area contributed by atoms with Crippen LogP contribution in [0.1, 0.15) is 38.8 Å². The number of benzene rings is 2. The van der Waals surface area contributed by atoms with E-state index in [0.717, 1.165) is 29.8 Å². The van der Waals surface area contributed by atoms with Crippen molar-refractivity contribution in [1.82, 2.24) is 4.90 Å². The Morgan fingerprint density at radius 3 is 2.20 bits per heavy atom. The molecule has 0 amide bonds. The van der Waals surface area contributed by atoms with E-state index in [9.17, 15) is 0 Å². The molecule has 0 spiro atoms. The molecule has 0 saturated heterocycles. The lowest BCUT2D eigenvalue weighted by Crippen LogP contribution is -2.15. The molecule has 0 heterocycles. The average Bonchev–Trinajstić information content (AvgIpc) is 2.64. The van der Waals surface area contributed by atoms with Crippen LogP contribution in [0, 0.1) is 18.3 Å². The van der Waals surface area contributed by atoms with Gasteiger partial charge in [0, 0.05) is 5.57 Å². The molecule has 25 heavy (non-hydrogen) atoms. The number of hydrogen-bond donors (Lipinski definition) is 0. The van der Waals surface area contributed by atoms with Crippen molar-refractivity contribution in [3.63, 3.8) is 0 Å². The molecule has 2 aromatic rings. The zero-order chi connectivity index (χ0) is 18.8. The minimum Gasteiger partial charge on any atom is -0.307 e. The van der Waals surface area contributed by atoms with Gasteiger partial charge in [0.1, 0.15) is 0 Å². The van der Waals surface area contributed by atoms with Crippen molar-refractivity contribution in [3.05, 3.63) is 65.3 Å². The van der Waals surface area contributed by atoms with E-state index in [1.165, 1.54) is 16.3 Å². The van der Waals surface area contributed by atoms with Gasteiger partial charge in [0.25, 0.3) is 0 Å². The number of fused-ring (bicyclic) bond motifs is 1. The van der Waals surface area contributed by atoms with E-state index >= 15 is 0 Å². The van der Waals surface area contributed by atoms with Gasteiger partial charge in [-0.15, -0.1) is 0 Å². The molecule has 0 unspecified atom stereocenters. The molecule has 132 valence electrons. The van der Waals surface area contributed by atoms with E-state index in [0.29, 0.717) is 0 Å². The highest BCUT2D eigenvalue weighted by Crippen LogP contribution is 2.25. The van der Waals surface area contributed by atoms with Gasteiger partial charge in [-0.25, -0.2) is 0 Å². The van der Waals surface area contributed by atoms with Gasteiger partial charge < -0.3 is 4.90 Å². The Hall–Kier alpha value is -2.37. The Labute approximate surface area is 153 Å². The summed E-state index contributed by atoms with van der Waals surface area (Å²) in [5, 5.41) is 11.5. The van der Waals surface area contributed by atoms with Crippen molar-refractivity contribution in [3.8, 4) is 6.07 Å². The highest BCUT2D eigenvalue weighted by Gasteiger charge is 2.04. The first-order valence-corrected chi connectivity index (χ1v) is 8.89. The van der Waals surface area contributed by atoms with Crippen LogP contribution in [0.4, 0.5) is 0 Å². The number of rotatable bonds is 4. The van der Waals surface area contributed by atoms with Crippen LogP contribution in [-0.4, -0.2) is 25.0 Å². The summed E-state index contributed by atoms with van der Waals surface area (Å²) in [5.74, 6) is 0. The third-order valence-electron chi connectivity index (χ3n) is 4.29. The Kier molecular flexibility index (Phi) is 8.67. The maximum Gasteiger partial charge on any atom is 0.0950 e. The van der Waals surface area contributed by atoms with Crippen LogP contribution in [0.25, 0.3) is 16.3 Å². The SMILES string of the molecule is C/C=C\C(=C(/C)C#N)c1ccc2cc(C)ccc2c1.CCN(C)CC. The second-order valence-electron chi connectivity index (χ2n) is 6.20. The molecule has 0 saturated carbocycles. The van der Waals surface area contributed by atoms with Crippen LogP contribution in [0.15, 0.2) is 54.1 Å². The van der Waals surface area contributed by atoms with Crippen LogP contribution in [0.3, 0.4) is 0 Å². The van der Waals surface area contributed by atoms with Crippen molar-refractivity contribution >= 4 is 16.3 Å². The van der Waals surface area contributed by atoms with E-state index < -0.39 is 0 Å². The largest absolute Gasteiger partial charge is 0.307 e. The van der Waals surface area contributed by atoms with Gasteiger partial charge in [-0.3, -0.25) is 0 Å². The fourth-order valence-electron chi connectivity index (χ4n) is 2.42. The Morgan fingerprint density at radius 2 is 1.68 bits per heavy atom. The van der Waals surface area contributed by atoms with E-state index in [1.807, 2.05) is 26.0 Å². The summed E-state index contributed by atoms with van der Waals surface area (Å²) in [6.07, 6.45) is 3.96. The average molecular weight is 335 g/mol. The van der Waals surface area contributed by atoms with E-state index in [1.54, 1.807) is 0 Å². The minimum atomic E-state index is 0.740. The molecule has 0 radical (unpaired) electrons. The third kappa shape index (κ3) is 6.21. The molecule has 2 heteroatoms. The molecule has 0 aliphatic rings. The van der Waals surface area contributed by atoms with Gasteiger partial charge >= 0.3 is 0 Å². The number of aryl methyl sites for hydroxylation is 1. The van der Waals surface area contributed by atoms with E-state index in [2.05, 4.69) is 75.2 Å². The van der Waals surface area contributed by atoms with Crippen molar-refractivity contribution in [2.75, 3.05) is 20.1 Å². The van der Waals surface area contributed by atoms with Crippen molar-refractivity contribution < 1.29 is 0 Å². The summed E-state index contributed by atoms with van der Waals surface area (Å²) < 4.78 is 0. The number of nitrogens with zero attached hydrogens (tertiary/aromatic N) is 2. The Morgan fingerprint density at radius 1 is 1.08 bits per heavy atom. The molecule has 0 atom stereocenters. The number of hydrogen-bond acceptors (Lipinski definition) is 2. The first kappa shape index (κ1) is 20.7. The van der Waals surface area contributed by atoms with Gasteiger partial charge in [0.05, 0.1) is 6.07 Å². The normalized spacial score (nSPS) is 11.9. The molecule has 0 bridgehead atoms. The predicted molar refractivity (Wildman–Crippen MR) is 111 cm³/mol. The Bertz CT molecular complexity index is 787. The summed E-state index contributed by atoms with van der Waals surface area (Å²) in [6.45, 7) is 12.6. The van der Waals surface area contributed by atoms with Gasteiger partial charge in [0.15, 0.2) is 0 Å². The van der Waals surface area contributed by atoms with E-state index in [4.69, 9.17) is 5.26 Å². The highest BCUT2D eigenvalue weighted by atomic mass is 15.1. The molecule has 2 aromatic carbocycles. The third-order valence-corrected chi connectivity index (χ3v) is 4.29. The summed E-state index contributed by atoms with van der Waals surface area (Å²) in [4.78, 5) is 2.25. The quantitative estimate of drug-likeness (QED) is 0.508. The van der Waals surface area contributed by atoms with Gasteiger partial charge in [-0.1, -0.05) is 61.9 Å². The maximum atomic E-state index is 9.10. The lowest BCUT2D eigenvalue weighted by molar-refractivity contribution is 0.373. The second kappa shape index (κ2) is 10.5. The molecule has 0 fully saturated rings. The van der Waals surface area contributed by atoms with Crippen LogP contribution < -0.4 is 0 Å². The van der Waals surface area contributed by atoms with Crippen molar-refractivity contribution in [2.45, 2.75) is 34.6 Å². The fourth-order valence-corrected chi connectivity index (χ4v) is 2.42. The van der Waals surface area contributed by atoms with Crippen LogP contribution in [-0.2, 0) is 0 Å². The molecule has 0 N–H and O–H groups in total. The summed E-state index contributed by atoms with van der Waals surface area (Å²) in [7, 11) is 2.11. The lowest BCUT2D eigenvalue weighted by atomic mass is 9.97. The zero-order valence-electron chi connectivity index (χ0n) is 16.4. The topological polar surface area (TPSA) is 27.0 Å². The Balaban J connectivity index is 0.000000450. The molecule has 0 aliphatic carbocycles. The smallest absolute Gasteiger partial charge is 0.0950 e. The molecule has 0 aromatic heterocycles. The van der Waals surface area contributed by atoms with Crippen molar-refractivity contribution in [2.24, 2.45) is 0 Å². The fraction of sp³-hybridized carbons (Fsp3) is 0.348.